The van der Waals surface area contributed by atoms with Gasteiger partial charge in [-0.15, -0.1) is 13.2 Å². The fourth-order valence-corrected chi connectivity index (χ4v) is 3.01. The molecule has 146 valence electrons. The molecular weight excluding hydrogens is 375 g/mol. The zero-order valence-corrected chi connectivity index (χ0v) is 13.9. The maximum absolute atomic E-state index is 13.6. The fraction of sp³-hybridized carbons (Fsp3) is 0.412. The Kier molecular flexibility index (Phi) is 4.83. The normalized spacial score (nSPS) is 17.6. The fourth-order valence-electron chi connectivity index (χ4n) is 3.01. The SMILES string of the molecule is O=C(O)c1cc2ccc(OC(F)(F)F)cc2nc1N1CCCC(F)(F)CC1. The van der Waals surface area contributed by atoms with E-state index in [4.69, 9.17) is 0 Å². The molecule has 0 amide bonds. The Morgan fingerprint density at radius 2 is 1.93 bits per heavy atom. The zero-order valence-electron chi connectivity index (χ0n) is 13.9. The highest BCUT2D eigenvalue weighted by molar-refractivity contribution is 5.98. The van der Waals surface area contributed by atoms with E-state index in [1.807, 2.05) is 0 Å². The van der Waals surface area contributed by atoms with E-state index < -0.39 is 30.4 Å². The number of hydrogen-bond donors (Lipinski definition) is 1. The molecule has 3 rings (SSSR count). The summed E-state index contributed by atoms with van der Waals surface area (Å²) in [5.41, 5.74) is -0.120. The predicted molar refractivity (Wildman–Crippen MR) is 86.4 cm³/mol. The van der Waals surface area contributed by atoms with Crippen molar-refractivity contribution in [3.63, 3.8) is 0 Å². The standard InChI is InChI=1S/C17H15F5N2O3/c18-16(19)4-1-6-24(7-5-16)14-12(15(25)26)8-10-2-3-11(9-13(10)23-14)27-17(20,21)22/h2-3,8-9H,1,4-7H2,(H,25,26). The average Bonchev–Trinajstić information content (AvgIpc) is 2.72. The van der Waals surface area contributed by atoms with E-state index in [2.05, 4.69) is 9.72 Å². The van der Waals surface area contributed by atoms with E-state index >= 15 is 0 Å². The van der Waals surface area contributed by atoms with Crippen molar-refractivity contribution in [1.29, 1.82) is 0 Å². The number of carboxylic acid groups (broad SMARTS) is 1. The number of carboxylic acids is 1. The monoisotopic (exact) mass is 390 g/mol. The first kappa shape index (κ1) is 19.1. The van der Waals surface area contributed by atoms with Crippen molar-refractivity contribution in [1.82, 2.24) is 4.98 Å². The molecule has 5 nitrogen and oxygen atoms in total. The van der Waals surface area contributed by atoms with Crippen LogP contribution in [0.15, 0.2) is 24.3 Å². The van der Waals surface area contributed by atoms with Gasteiger partial charge in [-0.25, -0.2) is 18.6 Å². The molecule has 0 spiro atoms. The maximum atomic E-state index is 13.6. The predicted octanol–water partition coefficient (Wildman–Crippen LogP) is 4.46. The Balaban J connectivity index is 2.03. The molecule has 1 aromatic carbocycles. The molecular formula is C17H15F5N2O3. The number of halogens is 5. The van der Waals surface area contributed by atoms with E-state index in [9.17, 15) is 31.9 Å². The average molecular weight is 390 g/mol. The van der Waals surface area contributed by atoms with Crippen LogP contribution >= 0.6 is 0 Å². The van der Waals surface area contributed by atoms with Crippen LogP contribution in [0.25, 0.3) is 10.9 Å². The van der Waals surface area contributed by atoms with Gasteiger partial charge in [0.15, 0.2) is 0 Å². The van der Waals surface area contributed by atoms with Gasteiger partial charge in [0.1, 0.15) is 17.1 Å². The van der Waals surface area contributed by atoms with Crippen molar-refractivity contribution >= 4 is 22.7 Å². The minimum absolute atomic E-state index is 0.0446. The van der Waals surface area contributed by atoms with Crippen LogP contribution in [0.2, 0.25) is 0 Å². The van der Waals surface area contributed by atoms with Gasteiger partial charge in [-0.3, -0.25) is 0 Å². The van der Waals surface area contributed by atoms with Crippen LogP contribution in [-0.4, -0.2) is 41.4 Å². The Hall–Kier alpha value is -2.65. The molecule has 0 unspecified atom stereocenters. The minimum atomic E-state index is -4.88. The highest BCUT2D eigenvalue weighted by Crippen LogP contribution is 2.33. The summed E-state index contributed by atoms with van der Waals surface area (Å²) in [6.45, 7) is 0.0671. The number of benzene rings is 1. The van der Waals surface area contributed by atoms with Crippen LogP contribution in [0.1, 0.15) is 29.6 Å². The minimum Gasteiger partial charge on any atom is -0.478 e. The first-order valence-corrected chi connectivity index (χ1v) is 8.11. The number of aromatic nitrogens is 1. The highest BCUT2D eigenvalue weighted by atomic mass is 19.4. The van der Waals surface area contributed by atoms with Gasteiger partial charge in [0, 0.05) is 37.4 Å². The van der Waals surface area contributed by atoms with Crippen LogP contribution in [-0.2, 0) is 0 Å². The smallest absolute Gasteiger partial charge is 0.478 e. The second-order valence-electron chi connectivity index (χ2n) is 6.26. The van der Waals surface area contributed by atoms with Crippen LogP contribution in [0.3, 0.4) is 0 Å². The number of aromatic carboxylic acids is 1. The van der Waals surface area contributed by atoms with Gasteiger partial charge in [-0.2, -0.15) is 0 Å². The quantitative estimate of drug-likeness (QED) is 0.785. The number of alkyl halides is 5. The Labute approximate surface area is 150 Å². The van der Waals surface area contributed by atoms with Gasteiger partial charge in [0.2, 0.25) is 5.92 Å². The summed E-state index contributed by atoms with van der Waals surface area (Å²) >= 11 is 0. The summed E-state index contributed by atoms with van der Waals surface area (Å²) in [6, 6.07) is 4.61. The Morgan fingerprint density at radius 1 is 1.19 bits per heavy atom. The van der Waals surface area contributed by atoms with Crippen LogP contribution in [0.4, 0.5) is 27.8 Å². The highest BCUT2D eigenvalue weighted by Gasteiger charge is 2.33. The Morgan fingerprint density at radius 3 is 2.59 bits per heavy atom. The molecule has 1 aromatic heterocycles. The van der Waals surface area contributed by atoms with E-state index in [0.717, 1.165) is 12.1 Å². The van der Waals surface area contributed by atoms with E-state index in [1.54, 1.807) is 0 Å². The summed E-state index contributed by atoms with van der Waals surface area (Å²) in [6.07, 6.45) is -5.51. The van der Waals surface area contributed by atoms with Gasteiger partial charge in [0.25, 0.3) is 0 Å². The number of hydrogen-bond acceptors (Lipinski definition) is 4. The van der Waals surface area contributed by atoms with E-state index in [-0.39, 0.29) is 42.8 Å². The maximum Gasteiger partial charge on any atom is 0.573 e. The van der Waals surface area contributed by atoms with Crippen molar-refractivity contribution in [3.05, 3.63) is 29.8 Å². The third-order valence-electron chi connectivity index (χ3n) is 4.25. The first-order chi connectivity index (χ1) is 12.5. The molecule has 2 heterocycles. The van der Waals surface area contributed by atoms with Crippen LogP contribution < -0.4 is 9.64 Å². The summed E-state index contributed by atoms with van der Waals surface area (Å²) in [5.74, 6) is -4.69. The van der Waals surface area contributed by atoms with Crippen molar-refractivity contribution in [2.45, 2.75) is 31.5 Å². The first-order valence-electron chi connectivity index (χ1n) is 8.11. The van der Waals surface area contributed by atoms with Crippen molar-refractivity contribution < 1.29 is 36.6 Å². The topological polar surface area (TPSA) is 62.7 Å². The molecule has 0 aliphatic carbocycles. The van der Waals surface area contributed by atoms with Gasteiger partial charge in [-0.1, -0.05) is 0 Å². The van der Waals surface area contributed by atoms with Crippen LogP contribution in [0, 0.1) is 0 Å². The molecule has 0 radical (unpaired) electrons. The van der Waals surface area contributed by atoms with E-state index in [0.29, 0.717) is 5.39 Å². The third-order valence-corrected chi connectivity index (χ3v) is 4.25. The molecule has 0 bridgehead atoms. The van der Waals surface area contributed by atoms with Crippen LogP contribution in [0.5, 0.6) is 5.75 Å². The summed E-state index contributed by atoms with van der Waals surface area (Å²) in [5, 5.41) is 9.74. The number of pyridine rings is 1. The lowest BCUT2D eigenvalue weighted by molar-refractivity contribution is -0.274. The largest absolute Gasteiger partial charge is 0.573 e. The van der Waals surface area contributed by atoms with Gasteiger partial charge in [0.05, 0.1) is 5.52 Å². The van der Waals surface area contributed by atoms with Gasteiger partial charge in [-0.05, 0) is 24.6 Å². The summed E-state index contributed by atoms with van der Waals surface area (Å²) in [4.78, 5) is 17.2. The van der Waals surface area contributed by atoms with Crippen molar-refractivity contribution in [2.75, 3.05) is 18.0 Å². The molecule has 10 heteroatoms. The summed E-state index contributed by atoms with van der Waals surface area (Å²) < 4.78 is 68.2. The lowest BCUT2D eigenvalue weighted by Gasteiger charge is -2.23. The molecule has 1 N–H and O–H groups in total. The molecule has 1 saturated heterocycles. The van der Waals surface area contributed by atoms with E-state index in [1.165, 1.54) is 17.0 Å². The number of ether oxygens (including phenoxy) is 1. The number of anilines is 1. The molecule has 0 atom stereocenters. The van der Waals surface area contributed by atoms with Gasteiger partial charge >= 0.3 is 12.3 Å². The number of nitrogens with zero attached hydrogens (tertiary/aromatic N) is 2. The third kappa shape index (κ3) is 4.55. The number of fused-ring (bicyclic) bond motifs is 1. The molecule has 1 aliphatic heterocycles. The van der Waals surface area contributed by atoms with Gasteiger partial charge < -0.3 is 14.7 Å². The number of rotatable bonds is 3. The molecule has 1 fully saturated rings. The molecule has 1 aliphatic rings. The second kappa shape index (κ2) is 6.82. The van der Waals surface area contributed by atoms with Crippen molar-refractivity contribution in [3.8, 4) is 5.75 Å². The summed E-state index contributed by atoms with van der Waals surface area (Å²) in [7, 11) is 0. The molecule has 27 heavy (non-hydrogen) atoms. The van der Waals surface area contributed by atoms with Crippen molar-refractivity contribution in [2.24, 2.45) is 0 Å². The number of carbonyl (C=O) groups is 1. The Bertz CT molecular complexity index is 870. The lowest BCUT2D eigenvalue weighted by Crippen LogP contribution is -2.28. The lowest BCUT2D eigenvalue weighted by atomic mass is 10.1. The zero-order chi connectivity index (χ0) is 19.8. The molecule has 2 aromatic rings. The molecule has 0 saturated carbocycles. The second-order valence-corrected chi connectivity index (χ2v) is 6.26.